The molecule has 0 bridgehead atoms. The average Bonchev–Trinajstić information content (AvgIpc) is 3.55. The van der Waals surface area contributed by atoms with Crippen molar-refractivity contribution in [2.75, 3.05) is 15.5 Å². The van der Waals surface area contributed by atoms with E-state index in [1.807, 2.05) is 119 Å². The Labute approximate surface area is 284 Å². The molecule has 1 aliphatic carbocycles. The van der Waals surface area contributed by atoms with E-state index in [0.29, 0.717) is 15.8 Å². The number of thioether (sulfide) groups is 2. The van der Waals surface area contributed by atoms with Gasteiger partial charge in [0, 0.05) is 31.4 Å². The molecule has 5 aromatic rings. The van der Waals surface area contributed by atoms with Gasteiger partial charge in [-0.3, -0.25) is 9.69 Å². The van der Waals surface area contributed by atoms with Crippen LogP contribution in [0.1, 0.15) is 10.8 Å². The Kier molecular flexibility index (Phi) is 8.98. The summed E-state index contributed by atoms with van der Waals surface area (Å²) in [5.41, 5.74) is 4.09. The number of rotatable bonds is 7. The fourth-order valence-corrected chi connectivity index (χ4v) is 8.54. The van der Waals surface area contributed by atoms with E-state index >= 15 is 0 Å². The maximum Gasteiger partial charge on any atom is 0.326 e. The molecule has 2 aliphatic rings. The zero-order valence-electron chi connectivity index (χ0n) is 24.2. The molecule has 228 valence electrons. The van der Waals surface area contributed by atoms with Crippen molar-refractivity contribution in [2.24, 2.45) is 0 Å². The fraction of sp³-hybridized carbons (Fsp3) is 0.0833. The van der Waals surface area contributed by atoms with Crippen LogP contribution < -0.4 is 15.5 Å². The summed E-state index contributed by atoms with van der Waals surface area (Å²) >= 11 is 10.6. The molecule has 4 aromatic carbocycles. The summed E-state index contributed by atoms with van der Waals surface area (Å²) in [5.74, 6) is -0.187. The minimum Gasteiger partial charge on any atom is -0.307 e. The molecule has 3 amide bonds. The quantitative estimate of drug-likeness (QED) is 0.168. The number of urea groups is 1. The van der Waals surface area contributed by atoms with Gasteiger partial charge < -0.3 is 10.6 Å². The number of anilines is 3. The lowest BCUT2D eigenvalue weighted by atomic mass is 10.1. The Bertz CT molecular complexity index is 1940. The smallest absolute Gasteiger partial charge is 0.307 e. The second-order valence-corrected chi connectivity index (χ2v) is 14.3. The molecule has 10 heteroatoms. The van der Waals surface area contributed by atoms with Gasteiger partial charge in [0.05, 0.1) is 22.7 Å². The largest absolute Gasteiger partial charge is 0.326 e. The molecule has 1 aliphatic heterocycles. The van der Waals surface area contributed by atoms with Gasteiger partial charge in [0.1, 0.15) is 5.25 Å². The van der Waals surface area contributed by atoms with E-state index in [2.05, 4.69) is 33.8 Å². The average molecular weight is 679 g/mol. The number of thiazole rings is 1. The first-order chi connectivity index (χ1) is 22.5. The number of nitrogens with one attached hydrogen (secondary N) is 2. The van der Waals surface area contributed by atoms with Crippen LogP contribution in [-0.2, 0) is 4.79 Å². The van der Waals surface area contributed by atoms with E-state index in [9.17, 15) is 9.59 Å². The molecule has 3 atom stereocenters. The number of allylic oxidation sites excluding steroid dienone is 2. The predicted molar refractivity (Wildman–Crippen MR) is 192 cm³/mol. The number of para-hydroxylation sites is 1. The van der Waals surface area contributed by atoms with Gasteiger partial charge in [-0.1, -0.05) is 96.6 Å². The van der Waals surface area contributed by atoms with Crippen molar-refractivity contribution in [2.45, 2.75) is 26.3 Å². The van der Waals surface area contributed by atoms with Crippen LogP contribution in [0, 0.1) is 0 Å². The molecule has 7 rings (SSSR count). The summed E-state index contributed by atoms with van der Waals surface area (Å²) in [6.07, 6.45) is 8.24. The summed E-state index contributed by atoms with van der Waals surface area (Å²) in [4.78, 5) is 36.0. The Morgan fingerprint density at radius 2 is 1.65 bits per heavy atom. The minimum atomic E-state index is -0.555. The van der Waals surface area contributed by atoms with Crippen LogP contribution in [0.4, 0.5) is 21.3 Å². The lowest BCUT2D eigenvalue weighted by Gasteiger charge is -2.40. The number of nitrogens with zero attached hydrogens (tertiary/aromatic N) is 2. The highest BCUT2D eigenvalue weighted by Crippen LogP contribution is 2.44. The molecule has 0 fully saturated rings. The zero-order valence-corrected chi connectivity index (χ0v) is 27.5. The van der Waals surface area contributed by atoms with Crippen LogP contribution in [0.5, 0.6) is 0 Å². The zero-order chi connectivity index (χ0) is 31.5. The van der Waals surface area contributed by atoms with E-state index in [1.165, 1.54) is 23.1 Å². The van der Waals surface area contributed by atoms with Gasteiger partial charge in [-0.15, -0.1) is 34.9 Å². The maximum absolute atomic E-state index is 13.8. The van der Waals surface area contributed by atoms with Crippen LogP contribution in [0.15, 0.2) is 143 Å². The van der Waals surface area contributed by atoms with Gasteiger partial charge in [0.2, 0.25) is 5.91 Å². The third-order valence-electron chi connectivity index (χ3n) is 7.52. The van der Waals surface area contributed by atoms with Crippen LogP contribution in [0.3, 0.4) is 0 Å². The summed E-state index contributed by atoms with van der Waals surface area (Å²) in [6.45, 7) is 0. The van der Waals surface area contributed by atoms with Gasteiger partial charge in [-0.05, 0) is 48.0 Å². The number of carbonyl (C=O) groups is 2. The normalized spacial score (nSPS) is 17.1. The summed E-state index contributed by atoms with van der Waals surface area (Å²) in [6, 6.07) is 32.4. The molecule has 6 nitrogen and oxygen atoms in total. The molecular weight excluding hydrogens is 652 g/mol. The first-order valence-electron chi connectivity index (χ1n) is 14.6. The maximum atomic E-state index is 13.8. The third kappa shape index (κ3) is 6.64. The van der Waals surface area contributed by atoms with Gasteiger partial charge in [-0.2, -0.15) is 0 Å². The molecule has 1 aromatic heterocycles. The monoisotopic (exact) mass is 678 g/mol. The lowest BCUT2D eigenvalue weighted by molar-refractivity contribution is -0.115. The minimum absolute atomic E-state index is 0.0975. The van der Waals surface area contributed by atoms with Crippen molar-refractivity contribution < 1.29 is 9.59 Å². The summed E-state index contributed by atoms with van der Waals surface area (Å²) in [5, 5.41) is 8.80. The number of amides is 3. The van der Waals surface area contributed by atoms with Crippen LogP contribution in [0.2, 0.25) is 5.02 Å². The van der Waals surface area contributed by atoms with Crippen LogP contribution in [0.25, 0.3) is 11.3 Å². The molecule has 0 radical (unpaired) electrons. The van der Waals surface area contributed by atoms with E-state index in [4.69, 9.17) is 11.6 Å². The number of hydrogen-bond acceptors (Lipinski definition) is 6. The topological polar surface area (TPSA) is 74.3 Å². The van der Waals surface area contributed by atoms with Crippen molar-refractivity contribution in [1.82, 2.24) is 4.98 Å². The lowest BCUT2D eigenvalue weighted by Crippen LogP contribution is -2.49. The molecule has 2 heterocycles. The number of halogens is 1. The predicted octanol–water partition coefficient (Wildman–Crippen LogP) is 9.94. The fourth-order valence-electron chi connectivity index (χ4n) is 5.35. The van der Waals surface area contributed by atoms with E-state index in [0.717, 1.165) is 32.3 Å². The number of aromatic nitrogens is 1. The second kappa shape index (κ2) is 13.6. The van der Waals surface area contributed by atoms with Crippen molar-refractivity contribution >= 4 is 74.9 Å². The Morgan fingerprint density at radius 3 is 2.50 bits per heavy atom. The van der Waals surface area contributed by atoms with E-state index in [-0.39, 0.29) is 23.2 Å². The van der Waals surface area contributed by atoms with Crippen molar-refractivity contribution in [3.8, 4) is 11.3 Å². The Morgan fingerprint density at radius 1 is 0.870 bits per heavy atom. The highest BCUT2D eigenvalue weighted by atomic mass is 35.5. The Balaban J connectivity index is 1.10. The van der Waals surface area contributed by atoms with E-state index < -0.39 is 5.25 Å². The molecule has 2 N–H and O–H groups in total. The number of benzene rings is 4. The van der Waals surface area contributed by atoms with Crippen molar-refractivity contribution in [3.63, 3.8) is 0 Å². The SMILES string of the molecule is O=C(Nc1nc(-c2ccc(Cl)cc2)cs1)C(Sc1cccc(NC(=O)N2c3ccccc3SC3C=CC=CC32)c1)c1ccccc1. The molecule has 3 unspecified atom stereocenters. The molecular formula is C36H27ClN4O2S3. The van der Waals surface area contributed by atoms with Gasteiger partial charge in [-0.25, -0.2) is 9.78 Å². The highest BCUT2D eigenvalue weighted by molar-refractivity contribution is 8.00. The third-order valence-corrected chi connectivity index (χ3v) is 11.1. The number of hydrogen-bond donors (Lipinski definition) is 2. The van der Waals surface area contributed by atoms with Gasteiger partial charge in [0.25, 0.3) is 0 Å². The first kappa shape index (κ1) is 30.4. The highest BCUT2D eigenvalue weighted by Gasteiger charge is 2.36. The second-order valence-electron chi connectivity index (χ2n) is 10.6. The summed E-state index contributed by atoms with van der Waals surface area (Å²) < 4.78 is 0. The molecule has 0 spiro atoms. The van der Waals surface area contributed by atoms with Crippen molar-refractivity contribution in [1.29, 1.82) is 0 Å². The van der Waals surface area contributed by atoms with Crippen LogP contribution >= 0.6 is 46.5 Å². The Hall–Kier alpha value is -4.28. The standard InChI is InChI=1S/C36H27ClN4O2S3/c37-25-19-17-23(18-20-25)28-22-44-35(39-28)40-34(42)33(24-9-2-1-3-10-24)45-27-12-8-11-26(21-27)38-36(43)41-29-13-4-6-15-31(29)46-32-16-7-5-14-30(32)41/h1-22,29,31,33H,(H,38,43)(H,39,40,42). The van der Waals surface area contributed by atoms with Gasteiger partial charge in [0.15, 0.2) is 5.13 Å². The molecule has 0 saturated heterocycles. The van der Waals surface area contributed by atoms with E-state index in [1.54, 1.807) is 11.8 Å². The molecule has 46 heavy (non-hydrogen) atoms. The van der Waals surface area contributed by atoms with Crippen LogP contribution in [-0.4, -0.2) is 28.2 Å². The number of carbonyl (C=O) groups excluding carboxylic acids is 2. The number of fused-ring (bicyclic) bond motifs is 2. The molecule has 0 saturated carbocycles. The van der Waals surface area contributed by atoms with Gasteiger partial charge >= 0.3 is 6.03 Å². The van der Waals surface area contributed by atoms with Crippen molar-refractivity contribution in [3.05, 3.63) is 143 Å². The summed E-state index contributed by atoms with van der Waals surface area (Å²) in [7, 11) is 0. The first-order valence-corrected chi connectivity index (χ1v) is 17.6.